The average Bonchev–Trinajstić information content (AvgIpc) is 2.79. The molecule has 31 heavy (non-hydrogen) atoms. The molecule has 5 nitrogen and oxygen atoms in total. The molecule has 6 heteroatoms. The fourth-order valence-electron chi connectivity index (χ4n) is 3.19. The molecule has 1 amide bonds. The second kappa shape index (κ2) is 9.88. The zero-order chi connectivity index (χ0) is 22.3. The Hall–Kier alpha value is -3.69. The van der Waals surface area contributed by atoms with E-state index < -0.39 is 9.84 Å². The maximum atomic E-state index is 13.1. The topological polar surface area (TPSA) is 78.2 Å². The Morgan fingerprint density at radius 2 is 1.68 bits per heavy atom. The van der Waals surface area contributed by atoms with Crippen LogP contribution in [0.2, 0.25) is 0 Å². The van der Waals surface area contributed by atoms with E-state index in [-0.39, 0.29) is 16.6 Å². The van der Waals surface area contributed by atoms with Crippen molar-refractivity contribution in [3.05, 3.63) is 114 Å². The number of hydrogen-bond acceptors (Lipinski definition) is 4. The molecule has 0 bridgehead atoms. The van der Waals surface area contributed by atoms with Crippen LogP contribution in [0.1, 0.15) is 27.0 Å². The summed E-state index contributed by atoms with van der Waals surface area (Å²) in [5, 5.41) is 8.94. The van der Waals surface area contributed by atoms with Gasteiger partial charge < -0.3 is 4.90 Å². The Morgan fingerprint density at radius 3 is 2.32 bits per heavy atom. The average molecular weight is 431 g/mol. The van der Waals surface area contributed by atoms with Crippen molar-refractivity contribution in [2.45, 2.75) is 17.2 Å². The first-order valence-electron chi connectivity index (χ1n) is 9.69. The lowest BCUT2D eigenvalue weighted by Crippen LogP contribution is -2.30. The predicted molar refractivity (Wildman–Crippen MR) is 120 cm³/mol. The monoisotopic (exact) mass is 430 g/mol. The second-order valence-corrected chi connectivity index (χ2v) is 9.05. The Balaban J connectivity index is 1.81. The van der Waals surface area contributed by atoms with E-state index in [0.717, 1.165) is 5.56 Å². The Kier molecular flexibility index (Phi) is 7.01. The van der Waals surface area contributed by atoms with E-state index in [2.05, 4.69) is 12.6 Å². The molecular weight excluding hydrogens is 408 g/mol. The molecule has 0 unspecified atom stereocenters. The van der Waals surface area contributed by atoms with Crippen molar-refractivity contribution in [1.29, 1.82) is 5.26 Å². The number of nitrogens with zero attached hydrogens (tertiary/aromatic N) is 2. The maximum absolute atomic E-state index is 13.1. The van der Waals surface area contributed by atoms with Crippen LogP contribution in [-0.2, 0) is 22.1 Å². The van der Waals surface area contributed by atoms with E-state index in [1.165, 1.54) is 0 Å². The lowest BCUT2D eigenvalue weighted by atomic mass is 10.1. The molecule has 0 atom stereocenters. The minimum atomic E-state index is -3.51. The van der Waals surface area contributed by atoms with E-state index in [0.29, 0.717) is 29.8 Å². The van der Waals surface area contributed by atoms with Crippen molar-refractivity contribution < 1.29 is 13.2 Å². The molecule has 0 spiro atoms. The molecule has 0 saturated heterocycles. The molecule has 0 fully saturated rings. The number of sulfone groups is 1. The molecule has 156 valence electrons. The van der Waals surface area contributed by atoms with Gasteiger partial charge in [-0.25, -0.2) is 8.42 Å². The molecular formula is C25H22N2O3S. The molecule has 0 aliphatic rings. The van der Waals surface area contributed by atoms with Gasteiger partial charge in [0.2, 0.25) is 0 Å². The lowest BCUT2D eigenvalue weighted by Gasteiger charge is -2.22. The Morgan fingerprint density at radius 1 is 0.968 bits per heavy atom. The summed E-state index contributed by atoms with van der Waals surface area (Å²) >= 11 is 0. The number of amides is 1. The van der Waals surface area contributed by atoms with Crippen molar-refractivity contribution in [3.8, 4) is 6.07 Å². The van der Waals surface area contributed by atoms with Crippen LogP contribution < -0.4 is 0 Å². The van der Waals surface area contributed by atoms with E-state index in [9.17, 15) is 13.2 Å². The quantitative estimate of drug-likeness (QED) is 0.498. The SMILES string of the molecule is C=CCN(Cc1ccc(C#N)cc1)C(=O)c1cccc(CS(=O)(=O)c2ccccc2)c1. The van der Waals surface area contributed by atoms with Crippen molar-refractivity contribution in [2.75, 3.05) is 6.54 Å². The van der Waals surface area contributed by atoms with Gasteiger partial charge in [0.15, 0.2) is 9.84 Å². The van der Waals surface area contributed by atoms with Gasteiger partial charge in [0.05, 0.1) is 22.3 Å². The number of carbonyl (C=O) groups is 1. The van der Waals surface area contributed by atoms with Gasteiger partial charge in [-0.15, -0.1) is 6.58 Å². The van der Waals surface area contributed by atoms with E-state index in [1.807, 2.05) is 12.1 Å². The van der Waals surface area contributed by atoms with Gasteiger partial charge in [-0.3, -0.25) is 4.79 Å². The normalized spacial score (nSPS) is 10.8. The maximum Gasteiger partial charge on any atom is 0.254 e. The summed E-state index contributed by atoms with van der Waals surface area (Å²) in [6, 6.07) is 24.1. The van der Waals surface area contributed by atoms with Crippen molar-refractivity contribution in [1.82, 2.24) is 4.90 Å². The Bertz CT molecular complexity index is 1210. The molecule has 0 aromatic heterocycles. The van der Waals surface area contributed by atoms with Crippen molar-refractivity contribution in [3.63, 3.8) is 0 Å². The summed E-state index contributed by atoms with van der Waals surface area (Å²) in [5.41, 5.74) is 2.40. The number of nitriles is 1. The largest absolute Gasteiger partial charge is 0.331 e. The fraction of sp³-hybridized carbons (Fsp3) is 0.120. The van der Waals surface area contributed by atoms with Gasteiger partial charge in [-0.2, -0.15) is 5.26 Å². The zero-order valence-corrected chi connectivity index (χ0v) is 17.8. The first-order chi connectivity index (χ1) is 14.9. The fourth-order valence-corrected chi connectivity index (χ4v) is 4.54. The third-order valence-electron chi connectivity index (χ3n) is 4.73. The van der Waals surface area contributed by atoms with Crippen LogP contribution >= 0.6 is 0 Å². The molecule has 0 aliphatic heterocycles. The van der Waals surface area contributed by atoms with Gasteiger partial charge in [0, 0.05) is 18.7 Å². The smallest absolute Gasteiger partial charge is 0.254 e. The number of benzene rings is 3. The minimum absolute atomic E-state index is 0.185. The molecule has 3 aromatic rings. The molecule has 3 rings (SSSR count). The summed E-state index contributed by atoms with van der Waals surface area (Å²) in [6.07, 6.45) is 1.64. The lowest BCUT2D eigenvalue weighted by molar-refractivity contribution is 0.0762. The second-order valence-electron chi connectivity index (χ2n) is 7.06. The first-order valence-corrected chi connectivity index (χ1v) is 11.3. The van der Waals surface area contributed by atoms with Crippen LogP contribution in [0.15, 0.2) is 96.4 Å². The van der Waals surface area contributed by atoms with Crippen molar-refractivity contribution in [2.24, 2.45) is 0 Å². The molecule has 3 aromatic carbocycles. The molecule has 0 N–H and O–H groups in total. The standard InChI is InChI=1S/C25H22N2O3S/c1-2-15-27(18-21-13-11-20(17-26)12-14-21)25(28)23-8-6-7-22(16-23)19-31(29,30)24-9-4-3-5-10-24/h2-14,16H,1,15,18-19H2. The number of rotatable bonds is 8. The number of hydrogen-bond donors (Lipinski definition) is 0. The van der Waals surface area contributed by atoms with Crippen LogP contribution in [0.3, 0.4) is 0 Å². The Labute approximate surface area is 182 Å². The molecule has 0 radical (unpaired) electrons. The highest BCUT2D eigenvalue weighted by molar-refractivity contribution is 7.90. The van der Waals surface area contributed by atoms with Crippen LogP contribution in [0.4, 0.5) is 0 Å². The minimum Gasteiger partial charge on any atom is -0.331 e. The third kappa shape index (κ3) is 5.68. The predicted octanol–water partition coefficient (Wildman–Crippen LogP) is 4.36. The van der Waals surface area contributed by atoms with Crippen LogP contribution in [0.5, 0.6) is 0 Å². The number of carbonyl (C=O) groups excluding carboxylic acids is 1. The van der Waals surface area contributed by atoms with Crippen LogP contribution in [0, 0.1) is 11.3 Å². The highest BCUT2D eigenvalue weighted by Gasteiger charge is 2.18. The first kappa shape index (κ1) is 22.0. The summed E-state index contributed by atoms with van der Waals surface area (Å²) in [7, 11) is -3.51. The van der Waals surface area contributed by atoms with Gasteiger partial charge >= 0.3 is 0 Å². The third-order valence-corrected chi connectivity index (χ3v) is 6.43. The van der Waals surface area contributed by atoms with E-state index in [4.69, 9.17) is 5.26 Å². The van der Waals surface area contributed by atoms with Gasteiger partial charge in [0.25, 0.3) is 5.91 Å². The summed E-state index contributed by atoms with van der Waals surface area (Å²) in [5.74, 6) is -0.405. The van der Waals surface area contributed by atoms with E-state index >= 15 is 0 Å². The van der Waals surface area contributed by atoms with Crippen LogP contribution in [0.25, 0.3) is 0 Å². The van der Waals surface area contributed by atoms with Crippen molar-refractivity contribution >= 4 is 15.7 Å². The van der Waals surface area contributed by atoms with Crippen LogP contribution in [-0.4, -0.2) is 25.8 Å². The molecule has 0 saturated carbocycles. The highest BCUT2D eigenvalue weighted by atomic mass is 32.2. The van der Waals surface area contributed by atoms with Gasteiger partial charge in [-0.1, -0.05) is 48.5 Å². The summed E-state index contributed by atoms with van der Waals surface area (Å²) < 4.78 is 25.4. The van der Waals surface area contributed by atoms with E-state index in [1.54, 1.807) is 77.7 Å². The summed E-state index contributed by atoms with van der Waals surface area (Å²) in [6.45, 7) is 4.42. The summed E-state index contributed by atoms with van der Waals surface area (Å²) in [4.78, 5) is 15.0. The zero-order valence-electron chi connectivity index (χ0n) is 16.9. The van der Waals surface area contributed by atoms with Gasteiger partial charge in [0.1, 0.15) is 0 Å². The molecule has 0 heterocycles. The highest BCUT2D eigenvalue weighted by Crippen LogP contribution is 2.18. The molecule has 0 aliphatic carbocycles. The van der Waals surface area contributed by atoms with Gasteiger partial charge in [-0.05, 0) is 47.5 Å².